The van der Waals surface area contributed by atoms with E-state index in [-0.39, 0.29) is 35.0 Å². The van der Waals surface area contributed by atoms with Crippen LogP contribution in [0.15, 0.2) is 53.0 Å². The van der Waals surface area contributed by atoms with E-state index in [0.29, 0.717) is 23.0 Å². The number of ketones is 1. The number of Topliss-reactive ketones (excluding diaryl/α,β-unsaturated/α-hetero) is 1. The van der Waals surface area contributed by atoms with Crippen LogP contribution < -0.4 is 0 Å². The second-order valence-corrected chi connectivity index (χ2v) is 10.1. The molecule has 0 aliphatic carbocycles. The van der Waals surface area contributed by atoms with E-state index < -0.39 is 5.92 Å². The molecule has 0 saturated carbocycles. The van der Waals surface area contributed by atoms with Crippen molar-refractivity contribution in [2.75, 3.05) is 18.9 Å². The van der Waals surface area contributed by atoms with Gasteiger partial charge in [0.1, 0.15) is 12.4 Å². The largest absolute Gasteiger partial charge is 0.445 e. The molecular formula is C25H30Br2FNO3. The first-order chi connectivity index (χ1) is 15.1. The summed E-state index contributed by atoms with van der Waals surface area (Å²) in [4.78, 5) is 26.4. The van der Waals surface area contributed by atoms with E-state index in [1.807, 2.05) is 30.3 Å². The Morgan fingerprint density at radius 1 is 1.09 bits per heavy atom. The summed E-state index contributed by atoms with van der Waals surface area (Å²) in [5.74, 6) is -0.940. The molecule has 32 heavy (non-hydrogen) atoms. The van der Waals surface area contributed by atoms with Crippen LogP contribution in [0.2, 0.25) is 0 Å². The van der Waals surface area contributed by atoms with Gasteiger partial charge in [-0.15, -0.1) is 0 Å². The molecule has 0 aliphatic rings. The van der Waals surface area contributed by atoms with Gasteiger partial charge in [0, 0.05) is 19.5 Å². The third-order valence-corrected chi connectivity index (χ3v) is 6.79. The highest BCUT2D eigenvalue weighted by Crippen LogP contribution is 2.35. The first kappa shape index (κ1) is 26.5. The van der Waals surface area contributed by atoms with Gasteiger partial charge in [-0.05, 0) is 57.8 Å². The summed E-state index contributed by atoms with van der Waals surface area (Å²) in [7, 11) is 1.72. The molecule has 174 valence electrons. The zero-order valence-corrected chi connectivity index (χ0v) is 21.9. The van der Waals surface area contributed by atoms with Crippen LogP contribution in [-0.2, 0) is 16.1 Å². The fourth-order valence-corrected chi connectivity index (χ4v) is 4.20. The summed E-state index contributed by atoms with van der Waals surface area (Å²) >= 11 is 6.44. The highest BCUT2D eigenvalue weighted by molar-refractivity contribution is 9.10. The summed E-state index contributed by atoms with van der Waals surface area (Å²) in [6.07, 6.45) is 1.62. The van der Waals surface area contributed by atoms with Crippen LogP contribution in [0.1, 0.15) is 50.2 Å². The van der Waals surface area contributed by atoms with Gasteiger partial charge in [-0.2, -0.15) is 0 Å². The summed E-state index contributed by atoms with van der Waals surface area (Å²) in [6.45, 7) is 4.97. The smallest absolute Gasteiger partial charge is 0.409 e. The first-order valence-corrected chi connectivity index (χ1v) is 12.5. The molecule has 0 radical (unpaired) electrons. The minimum Gasteiger partial charge on any atom is -0.445 e. The molecule has 0 N–H and O–H groups in total. The number of rotatable bonds is 11. The second kappa shape index (κ2) is 12.5. The fraction of sp³-hybridized carbons (Fsp3) is 0.440. The average Bonchev–Trinajstić information content (AvgIpc) is 2.79. The summed E-state index contributed by atoms with van der Waals surface area (Å²) in [6, 6.07) is 14.6. The van der Waals surface area contributed by atoms with Crippen molar-refractivity contribution in [2.45, 2.75) is 45.6 Å². The first-order valence-electron chi connectivity index (χ1n) is 10.6. The lowest BCUT2D eigenvalue weighted by atomic mass is 9.79. The molecule has 0 aliphatic heterocycles. The SMILES string of the molecule is CN(CCC(C)(C)CCC(C(=O)CBr)c1cccc(Br)c1F)C(=O)OCc1ccccc1. The molecule has 0 spiro atoms. The highest BCUT2D eigenvalue weighted by atomic mass is 79.9. The van der Waals surface area contributed by atoms with Gasteiger partial charge >= 0.3 is 6.09 Å². The molecule has 2 aromatic carbocycles. The molecule has 1 atom stereocenters. The average molecular weight is 571 g/mol. The number of halogens is 3. The Kier molecular flexibility index (Phi) is 10.4. The van der Waals surface area contributed by atoms with E-state index in [4.69, 9.17) is 4.74 Å². The molecule has 0 saturated heterocycles. The van der Waals surface area contributed by atoms with Gasteiger partial charge in [0.15, 0.2) is 5.78 Å². The molecule has 0 aromatic heterocycles. The van der Waals surface area contributed by atoms with E-state index >= 15 is 0 Å². The summed E-state index contributed by atoms with van der Waals surface area (Å²) < 4.78 is 20.4. The fourth-order valence-electron chi connectivity index (χ4n) is 3.42. The van der Waals surface area contributed by atoms with Gasteiger partial charge in [-0.1, -0.05) is 72.2 Å². The third kappa shape index (κ3) is 8.00. The number of nitrogens with zero attached hydrogens (tertiary/aromatic N) is 1. The van der Waals surface area contributed by atoms with Crippen LogP contribution in [0.4, 0.5) is 9.18 Å². The zero-order chi connectivity index (χ0) is 23.7. The second-order valence-electron chi connectivity index (χ2n) is 8.71. The molecule has 2 rings (SSSR count). The lowest BCUT2D eigenvalue weighted by Gasteiger charge is -2.29. The number of hydrogen-bond acceptors (Lipinski definition) is 3. The van der Waals surface area contributed by atoms with E-state index in [1.54, 1.807) is 30.1 Å². The molecule has 2 aromatic rings. The zero-order valence-electron chi connectivity index (χ0n) is 18.7. The van der Waals surface area contributed by atoms with Crippen LogP contribution in [0, 0.1) is 11.2 Å². The highest BCUT2D eigenvalue weighted by Gasteiger charge is 2.28. The van der Waals surface area contributed by atoms with Gasteiger partial charge in [0.05, 0.1) is 9.80 Å². The molecule has 7 heteroatoms. The van der Waals surface area contributed by atoms with Crippen molar-refractivity contribution in [3.63, 3.8) is 0 Å². The maximum Gasteiger partial charge on any atom is 0.409 e. The van der Waals surface area contributed by atoms with Crippen molar-refractivity contribution in [3.8, 4) is 0 Å². The van der Waals surface area contributed by atoms with E-state index in [1.165, 1.54) is 0 Å². The van der Waals surface area contributed by atoms with Gasteiger partial charge in [0.2, 0.25) is 0 Å². The molecule has 1 amide bonds. The van der Waals surface area contributed by atoms with Crippen LogP contribution in [0.25, 0.3) is 0 Å². The number of carbonyl (C=O) groups is 2. The molecule has 1 unspecified atom stereocenters. The normalized spacial score (nSPS) is 12.3. The Bertz CT molecular complexity index is 905. The summed E-state index contributed by atoms with van der Waals surface area (Å²) in [5, 5.41) is 0.181. The Balaban J connectivity index is 1.90. The molecular weight excluding hydrogens is 541 g/mol. The van der Waals surface area contributed by atoms with Gasteiger partial charge in [-0.25, -0.2) is 9.18 Å². The standard InChI is InChI=1S/C25H30Br2FNO3/c1-25(2,14-15-29(3)24(31)32-17-18-8-5-4-6-9-18)13-12-19(22(30)16-26)20-10-7-11-21(27)23(20)28/h4-11,19H,12-17H2,1-3H3. The quantitative estimate of drug-likeness (QED) is 0.271. The predicted molar refractivity (Wildman–Crippen MR) is 133 cm³/mol. The molecule has 0 bridgehead atoms. The number of carbonyl (C=O) groups excluding carboxylic acids is 2. The van der Waals surface area contributed by atoms with Crippen LogP contribution in [0.3, 0.4) is 0 Å². The Morgan fingerprint density at radius 2 is 1.78 bits per heavy atom. The monoisotopic (exact) mass is 569 g/mol. The van der Waals surface area contributed by atoms with E-state index in [9.17, 15) is 14.0 Å². The Hall–Kier alpha value is -1.73. The molecule has 0 fully saturated rings. The van der Waals surface area contributed by atoms with Crippen molar-refractivity contribution in [3.05, 3.63) is 69.9 Å². The lowest BCUT2D eigenvalue weighted by molar-refractivity contribution is -0.118. The van der Waals surface area contributed by atoms with Crippen LogP contribution in [0.5, 0.6) is 0 Å². The lowest BCUT2D eigenvalue weighted by Crippen LogP contribution is -2.31. The van der Waals surface area contributed by atoms with Crippen molar-refractivity contribution in [1.82, 2.24) is 4.90 Å². The number of benzene rings is 2. The minimum atomic E-state index is -0.514. The van der Waals surface area contributed by atoms with E-state index in [2.05, 4.69) is 45.7 Å². The van der Waals surface area contributed by atoms with Gasteiger partial charge in [-0.3, -0.25) is 4.79 Å². The molecule has 0 heterocycles. The maximum absolute atomic E-state index is 14.6. The topological polar surface area (TPSA) is 46.6 Å². The number of alkyl halides is 1. The van der Waals surface area contributed by atoms with Gasteiger partial charge in [0.25, 0.3) is 0 Å². The van der Waals surface area contributed by atoms with Crippen molar-refractivity contribution >= 4 is 43.7 Å². The predicted octanol–water partition coefficient (Wildman–Crippen LogP) is 7.10. The van der Waals surface area contributed by atoms with Crippen molar-refractivity contribution in [2.24, 2.45) is 5.41 Å². The van der Waals surface area contributed by atoms with Crippen LogP contribution in [-0.4, -0.2) is 35.7 Å². The Labute approximate surface area is 206 Å². The third-order valence-electron chi connectivity index (χ3n) is 5.63. The van der Waals surface area contributed by atoms with Crippen molar-refractivity contribution in [1.29, 1.82) is 0 Å². The number of ether oxygens (including phenoxy) is 1. The number of hydrogen-bond donors (Lipinski definition) is 0. The van der Waals surface area contributed by atoms with E-state index in [0.717, 1.165) is 18.4 Å². The summed E-state index contributed by atoms with van der Waals surface area (Å²) in [5.41, 5.74) is 1.22. The maximum atomic E-state index is 14.6. The molecule has 4 nitrogen and oxygen atoms in total. The minimum absolute atomic E-state index is 0.0422. The Morgan fingerprint density at radius 3 is 2.44 bits per heavy atom. The van der Waals surface area contributed by atoms with Crippen molar-refractivity contribution < 1.29 is 18.7 Å². The number of amides is 1. The van der Waals surface area contributed by atoms with Gasteiger partial charge < -0.3 is 9.64 Å². The van der Waals surface area contributed by atoms with Crippen LogP contribution >= 0.6 is 31.9 Å².